The van der Waals surface area contributed by atoms with E-state index < -0.39 is 59.8 Å². The van der Waals surface area contributed by atoms with Gasteiger partial charge in [0.25, 0.3) is 5.91 Å². The molecule has 17 heteroatoms. The maximum absolute atomic E-state index is 13.8. The molecule has 0 radical (unpaired) electrons. The number of benzene rings is 2. The van der Waals surface area contributed by atoms with Crippen molar-refractivity contribution in [1.82, 2.24) is 20.2 Å². The number of halogens is 3. The molecular weight excluding hydrogens is 617 g/mol. The van der Waals surface area contributed by atoms with E-state index in [1.807, 2.05) is 0 Å². The summed E-state index contributed by atoms with van der Waals surface area (Å²) in [5, 5.41) is 21.8. The largest absolute Gasteiger partial charge is 0.497 e. The topological polar surface area (TPSA) is 201 Å². The van der Waals surface area contributed by atoms with Gasteiger partial charge in [0.2, 0.25) is 0 Å². The van der Waals surface area contributed by atoms with Crippen LogP contribution in [0.2, 0.25) is 0 Å². The maximum atomic E-state index is 13.8. The van der Waals surface area contributed by atoms with Gasteiger partial charge in [-0.3, -0.25) is 15.0 Å². The molecule has 0 saturated heterocycles. The fraction of sp³-hybridized carbons (Fsp3) is 0.379. The smallest absolute Gasteiger partial charge is 0.480 e. The molecule has 3 amide bonds. The lowest BCUT2D eigenvalue weighted by molar-refractivity contribution is -0.230. The number of nitrogens with zero attached hydrogens (tertiary/aromatic N) is 2. The summed E-state index contributed by atoms with van der Waals surface area (Å²) in [4.78, 5) is 68.9. The fourth-order valence-corrected chi connectivity index (χ4v) is 4.59. The minimum Gasteiger partial charge on any atom is -0.480 e. The Labute approximate surface area is 261 Å². The van der Waals surface area contributed by atoms with Gasteiger partial charge in [-0.15, -0.1) is 0 Å². The first-order valence-corrected chi connectivity index (χ1v) is 14.0. The summed E-state index contributed by atoms with van der Waals surface area (Å²) in [7, 11) is 0.872. The number of hydrogen-bond acceptors (Lipinski definition) is 8. The number of aliphatic carboxylic acids is 1. The summed E-state index contributed by atoms with van der Waals surface area (Å²) < 4.78 is 43.0. The zero-order valence-electron chi connectivity index (χ0n) is 24.8. The maximum Gasteiger partial charge on any atom is 0.497 e. The number of carboxylic acids is 1. The van der Waals surface area contributed by atoms with Gasteiger partial charge in [-0.25, -0.2) is 19.2 Å². The summed E-state index contributed by atoms with van der Waals surface area (Å²) in [5.41, 5.74) is 5.76. The number of ether oxygens (including phenoxy) is 1. The highest BCUT2D eigenvalue weighted by atomic mass is 19.4. The van der Waals surface area contributed by atoms with Crippen LogP contribution in [0.4, 0.5) is 23.7 Å². The Kier molecular flexibility index (Phi) is 11.7. The monoisotopic (exact) mass is 651 g/mol. The second kappa shape index (κ2) is 15.2. The predicted molar refractivity (Wildman–Crippen MR) is 156 cm³/mol. The van der Waals surface area contributed by atoms with Gasteiger partial charge >= 0.3 is 30.1 Å². The second-order valence-electron chi connectivity index (χ2n) is 10.5. The van der Waals surface area contributed by atoms with Gasteiger partial charge in [0.1, 0.15) is 31.8 Å². The lowest BCUT2D eigenvalue weighted by Gasteiger charge is -2.27. The molecule has 0 spiro atoms. The number of hydrogen-bond donors (Lipinski definition) is 5. The van der Waals surface area contributed by atoms with E-state index in [1.54, 1.807) is 30.3 Å². The van der Waals surface area contributed by atoms with Crippen LogP contribution in [0, 0.1) is 5.41 Å². The molecular formula is C29H34F3N6O8+. The Morgan fingerprint density at radius 2 is 1.78 bits per heavy atom. The molecule has 2 aromatic rings. The van der Waals surface area contributed by atoms with E-state index in [2.05, 4.69) is 15.5 Å². The van der Waals surface area contributed by atoms with E-state index in [1.165, 1.54) is 18.2 Å². The molecule has 14 nitrogen and oxygen atoms in total. The zero-order valence-corrected chi connectivity index (χ0v) is 24.8. The van der Waals surface area contributed by atoms with Crippen LogP contribution in [-0.2, 0) is 37.0 Å². The number of guanidine groups is 1. The van der Waals surface area contributed by atoms with Gasteiger partial charge in [-0.2, -0.15) is 13.2 Å². The standard InChI is InChI=1S/C29H33F3N6O8/c1-38(46-26(43)29(30,31)32)22-12-11-18(8-6-3-7-13-35-27(33)34)14-20(22)24(40)37(16-23(38)39)15-21(25(41)42)36-28(44)45-17-19-9-4-2-5-10-19/h2,4-5,9-12,14,21H,3,6-8,13,15-17H2,1H3,(H5-,33,34,35,36,41,42,44)/p+1. The fourth-order valence-electron chi connectivity index (χ4n) is 4.59. The van der Waals surface area contributed by atoms with Gasteiger partial charge in [-0.1, -0.05) is 42.8 Å². The highest BCUT2D eigenvalue weighted by Crippen LogP contribution is 2.34. The SMILES string of the molecule is C[N+]1(OC(=O)C(F)(F)F)C(=O)CN(CC(NC(=O)OCc2ccccc2)C(=O)O)C(=O)c2cc(CCCCCNC(=N)N)ccc21. The predicted octanol–water partition coefficient (Wildman–Crippen LogP) is 2.20. The van der Waals surface area contributed by atoms with Crippen LogP contribution in [0.15, 0.2) is 48.5 Å². The van der Waals surface area contributed by atoms with Crippen molar-refractivity contribution >= 4 is 41.5 Å². The number of fused-ring (bicyclic) bond motifs is 1. The minimum atomic E-state index is -5.46. The Balaban J connectivity index is 1.87. The first kappa shape index (κ1) is 35.3. The normalized spacial score (nSPS) is 16.9. The number of aryl methyl sites for hydroxylation is 1. The number of alkyl halides is 3. The first-order valence-electron chi connectivity index (χ1n) is 14.0. The van der Waals surface area contributed by atoms with Crippen molar-refractivity contribution in [3.8, 4) is 0 Å². The van der Waals surface area contributed by atoms with Crippen LogP contribution < -0.4 is 21.0 Å². The molecule has 2 atom stereocenters. The summed E-state index contributed by atoms with van der Waals surface area (Å²) in [6, 6.07) is 10.7. The number of alkyl carbamates (subject to hydrolysis) is 1. The number of quaternary nitrogens is 1. The van der Waals surface area contributed by atoms with E-state index in [0.717, 1.165) is 11.9 Å². The number of likely N-dealkylation sites (N-methyl/N-ethyl adjacent to an activating group) is 1. The Morgan fingerprint density at radius 1 is 1.09 bits per heavy atom. The number of nitrogens with one attached hydrogen (secondary N) is 3. The number of carbonyl (C=O) groups is 5. The number of rotatable bonds is 13. The molecule has 1 aliphatic rings. The summed E-state index contributed by atoms with van der Waals surface area (Å²) >= 11 is 0. The molecule has 2 unspecified atom stereocenters. The van der Waals surface area contributed by atoms with Crippen molar-refractivity contribution in [2.24, 2.45) is 5.73 Å². The van der Waals surface area contributed by atoms with Gasteiger partial charge in [0.15, 0.2) is 11.6 Å². The van der Waals surface area contributed by atoms with Crippen LogP contribution in [-0.4, -0.2) is 84.7 Å². The molecule has 0 saturated carbocycles. The minimum absolute atomic E-state index is 0.167. The Bertz CT molecular complexity index is 1470. The third kappa shape index (κ3) is 9.40. The third-order valence-corrected chi connectivity index (χ3v) is 7.00. The number of carbonyl (C=O) groups excluding carboxylic acids is 4. The number of nitrogens with two attached hydrogens (primary N) is 1. The lowest BCUT2D eigenvalue weighted by Crippen LogP contribution is -2.57. The van der Waals surface area contributed by atoms with Crippen LogP contribution in [0.25, 0.3) is 0 Å². The lowest BCUT2D eigenvalue weighted by atomic mass is 10.0. The molecule has 2 aromatic carbocycles. The van der Waals surface area contributed by atoms with Crippen LogP contribution >= 0.6 is 0 Å². The van der Waals surface area contributed by atoms with E-state index in [4.69, 9.17) is 15.9 Å². The van der Waals surface area contributed by atoms with Gasteiger partial charge in [0, 0.05) is 12.6 Å². The molecule has 1 aliphatic heterocycles. The van der Waals surface area contributed by atoms with Crippen LogP contribution in [0.3, 0.4) is 0 Å². The molecule has 248 valence electrons. The highest BCUT2D eigenvalue weighted by molar-refractivity contribution is 6.07. The van der Waals surface area contributed by atoms with E-state index in [9.17, 15) is 42.3 Å². The molecule has 46 heavy (non-hydrogen) atoms. The molecule has 3 rings (SSSR count). The van der Waals surface area contributed by atoms with Crippen molar-refractivity contribution in [3.63, 3.8) is 0 Å². The number of amides is 3. The average Bonchev–Trinajstić information content (AvgIpc) is 3.06. The van der Waals surface area contributed by atoms with Crippen LogP contribution in [0.1, 0.15) is 40.7 Å². The Hall–Kier alpha value is -5.19. The van der Waals surface area contributed by atoms with Gasteiger partial charge < -0.3 is 31.1 Å². The molecule has 0 bridgehead atoms. The molecule has 0 aromatic heterocycles. The Morgan fingerprint density at radius 3 is 2.41 bits per heavy atom. The van der Waals surface area contributed by atoms with Crippen molar-refractivity contribution in [2.75, 3.05) is 26.7 Å². The third-order valence-electron chi connectivity index (χ3n) is 7.00. The number of hydroxylamine groups is 2. The zero-order chi connectivity index (χ0) is 34.1. The summed E-state index contributed by atoms with van der Waals surface area (Å²) in [6.07, 6.45) is -4.21. The van der Waals surface area contributed by atoms with E-state index in [0.29, 0.717) is 43.4 Å². The van der Waals surface area contributed by atoms with Crippen molar-refractivity contribution in [1.29, 1.82) is 5.41 Å². The van der Waals surface area contributed by atoms with Crippen molar-refractivity contribution < 1.29 is 51.8 Å². The summed E-state index contributed by atoms with van der Waals surface area (Å²) in [6.45, 7) is -1.46. The molecule has 0 aliphatic carbocycles. The van der Waals surface area contributed by atoms with Crippen LogP contribution in [0.5, 0.6) is 0 Å². The molecule has 1 heterocycles. The first-order chi connectivity index (χ1) is 21.6. The van der Waals surface area contributed by atoms with Gasteiger partial charge in [-0.05, 0) is 41.1 Å². The summed E-state index contributed by atoms with van der Waals surface area (Å²) in [5.74, 6) is -6.56. The highest BCUT2D eigenvalue weighted by Gasteiger charge is 2.53. The average molecular weight is 652 g/mol. The quantitative estimate of drug-likeness (QED) is 0.0925. The molecule has 6 N–H and O–H groups in total. The van der Waals surface area contributed by atoms with Crippen molar-refractivity contribution in [2.45, 2.75) is 44.5 Å². The van der Waals surface area contributed by atoms with E-state index >= 15 is 0 Å². The number of carboxylic acid groups (broad SMARTS) is 1. The number of unbranched alkanes of at least 4 members (excludes halogenated alkanes) is 2. The second-order valence-corrected chi connectivity index (χ2v) is 10.5. The molecule has 0 fully saturated rings. The van der Waals surface area contributed by atoms with Crippen molar-refractivity contribution in [3.05, 3.63) is 65.2 Å². The van der Waals surface area contributed by atoms with E-state index in [-0.39, 0.29) is 23.8 Å². The van der Waals surface area contributed by atoms with Gasteiger partial charge in [0.05, 0.1) is 6.54 Å².